The number of aromatic nitrogens is 1. The fourth-order valence-corrected chi connectivity index (χ4v) is 4.31. The minimum atomic E-state index is 0.719. The molecule has 1 aromatic carbocycles. The van der Waals surface area contributed by atoms with Crippen molar-refractivity contribution in [3.8, 4) is 11.3 Å². The van der Waals surface area contributed by atoms with Gasteiger partial charge in [-0.1, -0.05) is 70.5 Å². The number of aryl methyl sites for hydroxylation is 1. The van der Waals surface area contributed by atoms with E-state index in [4.69, 9.17) is 9.26 Å². The van der Waals surface area contributed by atoms with Crippen molar-refractivity contribution in [2.45, 2.75) is 60.4 Å². The summed E-state index contributed by atoms with van der Waals surface area (Å²) in [7, 11) is 3.50. The first-order valence-electron chi connectivity index (χ1n) is 13.7. The van der Waals surface area contributed by atoms with E-state index < -0.39 is 0 Å². The molecule has 0 spiro atoms. The molecule has 2 N–H and O–H groups in total. The van der Waals surface area contributed by atoms with E-state index in [1.54, 1.807) is 7.11 Å². The van der Waals surface area contributed by atoms with E-state index in [0.29, 0.717) is 0 Å². The number of nitrogens with one attached hydrogen (secondary N) is 2. The Kier molecular flexibility index (Phi) is 13.3. The maximum absolute atomic E-state index is 5.70. The molecule has 2 aromatic rings. The minimum absolute atomic E-state index is 0.719. The Morgan fingerprint density at radius 2 is 2.00 bits per heavy atom. The van der Waals surface area contributed by atoms with E-state index in [1.165, 1.54) is 5.56 Å². The summed E-state index contributed by atoms with van der Waals surface area (Å²) in [5.41, 5.74) is 7.38. The fraction of sp³-hybridized carbons (Fsp3) is 0.517. The summed E-state index contributed by atoms with van der Waals surface area (Å²) in [6, 6.07) is 10.6. The molecule has 0 radical (unpaired) electrons. The van der Waals surface area contributed by atoms with Gasteiger partial charge in [0.2, 0.25) is 0 Å². The lowest BCUT2D eigenvalue weighted by Crippen LogP contribution is -2.48. The molecule has 0 atom stereocenters. The van der Waals surface area contributed by atoms with Crippen LogP contribution in [0.5, 0.6) is 0 Å². The fourth-order valence-electron chi connectivity index (χ4n) is 4.31. The highest BCUT2D eigenvalue weighted by molar-refractivity contribution is 6.01. The summed E-state index contributed by atoms with van der Waals surface area (Å²) in [5, 5.41) is 12.1. The molecule has 1 aromatic heterocycles. The summed E-state index contributed by atoms with van der Waals surface area (Å²) in [6.45, 7) is 14.4. The third-order valence-electron chi connectivity index (χ3n) is 5.85. The molecule has 37 heavy (non-hydrogen) atoms. The van der Waals surface area contributed by atoms with E-state index in [-0.39, 0.29) is 0 Å². The maximum atomic E-state index is 5.70. The SMILES string of the molecule is CC.CC.CCCc1cccc(-c2cc(CN3CCCN(/C(=N\NC)C4=CCNC(OC)=C4)C3)no2)c1. The Labute approximate surface area is 223 Å². The third-order valence-corrected chi connectivity index (χ3v) is 5.85. The molecule has 8 heteroatoms. The number of ether oxygens (including phenoxy) is 1. The zero-order valence-corrected chi connectivity index (χ0v) is 23.8. The molecule has 8 nitrogen and oxygen atoms in total. The Bertz CT molecular complexity index is 1030. The molecule has 1 saturated heterocycles. The van der Waals surface area contributed by atoms with E-state index in [2.05, 4.69) is 74.1 Å². The van der Waals surface area contributed by atoms with Gasteiger partial charge in [0, 0.05) is 56.5 Å². The van der Waals surface area contributed by atoms with Crippen molar-refractivity contribution in [3.63, 3.8) is 0 Å². The standard InChI is InChI=1S/C25H34N6O2.2C2H6/c1-4-7-19-8-5-9-20(14-19)23-16-22(29-33-23)17-30-12-6-13-31(18-30)25(28-26-2)21-10-11-27-24(15-21)32-3;2*1-2/h5,8-10,14-16,26-27H,4,6-7,11-13,17-18H2,1-3H3;2*1-2H3/b28-25-;;. The molecular formula is C29H46N6O2. The van der Waals surface area contributed by atoms with Crippen molar-refractivity contribution in [3.05, 3.63) is 65.2 Å². The smallest absolute Gasteiger partial charge is 0.187 e. The van der Waals surface area contributed by atoms with Gasteiger partial charge >= 0.3 is 0 Å². The van der Waals surface area contributed by atoms with E-state index in [0.717, 1.165) is 86.4 Å². The number of hydrogen-bond acceptors (Lipinski definition) is 7. The molecule has 0 aliphatic carbocycles. The molecule has 2 aliphatic rings. The first kappa shape index (κ1) is 30.0. The highest BCUT2D eigenvalue weighted by Gasteiger charge is 2.24. The topological polar surface area (TPSA) is 78.2 Å². The van der Waals surface area contributed by atoms with Crippen LogP contribution in [0.3, 0.4) is 0 Å². The average molecular weight is 511 g/mol. The number of dihydropyridines is 1. The normalized spacial score (nSPS) is 15.8. The Hall–Kier alpha value is -3.26. The van der Waals surface area contributed by atoms with Crippen molar-refractivity contribution in [1.82, 2.24) is 25.7 Å². The molecule has 0 bridgehead atoms. The van der Waals surface area contributed by atoms with Crippen LogP contribution in [0.4, 0.5) is 0 Å². The largest absolute Gasteiger partial charge is 0.482 e. The number of benzene rings is 1. The average Bonchev–Trinajstić information content (AvgIpc) is 3.43. The summed E-state index contributed by atoms with van der Waals surface area (Å²) in [5.74, 6) is 2.50. The Morgan fingerprint density at radius 3 is 2.73 bits per heavy atom. The molecular weight excluding hydrogens is 464 g/mol. The highest BCUT2D eigenvalue weighted by Crippen LogP contribution is 2.23. The van der Waals surface area contributed by atoms with E-state index in [1.807, 2.05) is 40.8 Å². The summed E-state index contributed by atoms with van der Waals surface area (Å²) in [4.78, 5) is 4.68. The number of nitrogens with zero attached hydrogens (tertiary/aromatic N) is 4. The van der Waals surface area contributed by atoms with Crippen LogP contribution in [0.1, 0.15) is 58.7 Å². The maximum Gasteiger partial charge on any atom is 0.187 e. The van der Waals surface area contributed by atoms with E-state index >= 15 is 0 Å². The van der Waals surface area contributed by atoms with Crippen molar-refractivity contribution in [2.24, 2.45) is 5.10 Å². The zero-order valence-electron chi connectivity index (χ0n) is 23.8. The van der Waals surface area contributed by atoms with Crippen LogP contribution in [0.25, 0.3) is 11.3 Å². The zero-order chi connectivity index (χ0) is 27.0. The second-order valence-corrected chi connectivity index (χ2v) is 8.36. The number of hydrazone groups is 1. The van der Waals surface area contributed by atoms with Crippen molar-refractivity contribution in [1.29, 1.82) is 0 Å². The Balaban J connectivity index is 0.00000115. The van der Waals surface area contributed by atoms with Crippen LogP contribution in [0, 0.1) is 0 Å². The van der Waals surface area contributed by atoms with Crippen LogP contribution in [0.2, 0.25) is 0 Å². The first-order chi connectivity index (χ1) is 18.2. The molecule has 1 fully saturated rings. The molecule has 0 unspecified atom stereocenters. The number of rotatable bonds is 8. The van der Waals surface area contributed by atoms with Gasteiger partial charge < -0.3 is 24.9 Å². The molecule has 4 rings (SSSR count). The lowest BCUT2D eigenvalue weighted by atomic mass is 10.1. The quantitative estimate of drug-likeness (QED) is 0.281. The summed E-state index contributed by atoms with van der Waals surface area (Å²) in [6.07, 6.45) is 7.39. The van der Waals surface area contributed by atoms with Gasteiger partial charge in [0.05, 0.1) is 19.5 Å². The minimum Gasteiger partial charge on any atom is -0.482 e. The third kappa shape index (κ3) is 8.67. The lowest BCUT2D eigenvalue weighted by molar-refractivity contribution is 0.129. The van der Waals surface area contributed by atoms with Crippen LogP contribution >= 0.6 is 0 Å². The lowest BCUT2D eigenvalue weighted by Gasteiger charge is -2.37. The molecule has 3 heterocycles. The van der Waals surface area contributed by atoms with Crippen LogP contribution in [0.15, 0.2) is 63.6 Å². The van der Waals surface area contributed by atoms with E-state index in [9.17, 15) is 0 Å². The predicted octanol–water partition coefficient (Wildman–Crippen LogP) is 5.36. The van der Waals surface area contributed by atoms with Crippen LogP contribution in [-0.2, 0) is 17.7 Å². The molecule has 0 saturated carbocycles. The van der Waals surface area contributed by atoms with Crippen LogP contribution in [-0.4, -0.2) is 61.3 Å². The number of methoxy groups -OCH3 is 1. The molecule has 2 aliphatic heterocycles. The van der Waals surface area contributed by atoms with Crippen molar-refractivity contribution in [2.75, 3.05) is 40.5 Å². The van der Waals surface area contributed by atoms with Crippen LogP contribution < -0.4 is 10.7 Å². The molecule has 0 amide bonds. The van der Waals surface area contributed by atoms with Gasteiger partial charge in [-0.15, -0.1) is 0 Å². The first-order valence-corrected chi connectivity index (χ1v) is 13.7. The van der Waals surface area contributed by atoms with Gasteiger partial charge in [-0.3, -0.25) is 4.90 Å². The highest BCUT2D eigenvalue weighted by atomic mass is 16.5. The monoisotopic (exact) mass is 510 g/mol. The van der Waals surface area contributed by atoms with Gasteiger partial charge in [0.15, 0.2) is 17.5 Å². The van der Waals surface area contributed by atoms with Crippen molar-refractivity contribution < 1.29 is 9.26 Å². The van der Waals surface area contributed by atoms with Gasteiger partial charge in [-0.05, 0) is 24.5 Å². The van der Waals surface area contributed by atoms with Gasteiger partial charge in [-0.25, -0.2) is 0 Å². The Morgan fingerprint density at radius 1 is 1.19 bits per heavy atom. The van der Waals surface area contributed by atoms with Gasteiger partial charge in [0.25, 0.3) is 0 Å². The summed E-state index contributed by atoms with van der Waals surface area (Å²) < 4.78 is 11.1. The number of hydrogen-bond donors (Lipinski definition) is 2. The van der Waals surface area contributed by atoms with Crippen molar-refractivity contribution >= 4 is 5.84 Å². The molecule has 204 valence electrons. The number of amidine groups is 1. The predicted molar refractivity (Wildman–Crippen MR) is 153 cm³/mol. The second-order valence-electron chi connectivity index (χ2n) is 8.36. The van der Waals surface area contributed by atoms with Gasteiger partial charge in [-0.2, -0.15) is 5.10 Å². The van der Waals surface area contributed by atoms with Gasteiger partial charge in [0.1, 0.15) is 0 Å². The second kappa shape index (κ2) is 16.5. The summed E-state index contributed by atoms with van der Waals surface area (Å²) >= 11 is 0.